The Morgan fingerprint density at radius 2 is 2.05 bits per heavy atom. The molecule has 2 aromatic rings. The van der Waals surface area contributed by atoms with Crippen LogP contribution in [-0.4, -0.2) is 20.9 Å². The fourth-order valence-corrected chi connectivity index (χ4v) is 1.78. The van der Waals surface area contributed by atoms with Crippen molar-refractivity contribution in [2.24, 2.45) is 5.92 Å². The minimum absolute atomic E-state index is 0.0797. The van der Waals surface area contributed by atoms with E-state index in [0.29, 0.717) is 17.2 Å². The molecule has 2 rings (SSSR count). The zero-order chi connectivity index (χ0) is 15.4. The second-order valence-corrected chi connectivity index (χ2v) is 5.12. The summed E-state index contributed by atoms with van der Waals surface area (Å²) in [5.74, 6) is 0.192. The first-order valence-electron chi connectivity index (χ1n) is 6.80. The van der Waals surface area contributed by atoms with Crippen molar-refractivity contribution in [1.82, 2.24) is 20.3 Å². The summed E-state index contributed by atoms with van der Waals surface area (Å²) in [6, 6.07) is 6.41. The summed E-state index contributed by atoms with van der Waals surface area (Å²) in [7, 11) is 0. The van der Waals surface area contributed by atoms with Gasteiger partial charge in [0.15, 0.2) is 5.82 Å². The van der Waals surface area contributed by atoms with Crippen LogP contribution >= 0.6 is 0 Å². The van der Waals surface area contributed by atoms with Crippen LogP contribution in [0, 0.1) is 5.92 Å². The Hall–Kier alpha value is -2.50. The quantitative estimate of drug-likeness (QED) is 0.894. The number of carbonyl (C=O) groups is 1. The fraction of sp³-hybridized carbons (Fsp3) is 0.333. The second-order valence-electron chi connectivity index (χ2n) is 5.12. The standard InChI is InChI=1S/C15H18N4O2/c1-9(2)15(21)17-10(3)12-8-13(20)19-14(18-12)11-6-4-5-7-16-11/h4-10H,1-3H3,(H,17,21)(H,18,19,20). The van der Waals surface area contributed by atoms with E-state index in [0.717, 1.165) is 0 Å². The zero-order valence-electron chi connectivity index (χ0n) is 12.3. The highest BCUT2D eigenvalue weighted by molar-refractivity contribution is 5.78. The first kappa shape index (κ1) is 14.9. The Bertz CT molecular complexity index is 680. The number of hydrogen-bond donors (Lipinski definition) is 2. The fourth-order valence-electron chi connectivity index (χ4n) is 1.78. The molecule has 1 amide bonds. The lowest BCUT2D eigenvalue weighted by atomic mass is 10.1. The van der Waals surface area contributed by atoms with Gasteiger partial charge in [0.1, 0.15) is 5.69 Å². The average Bonchev–Trinajstić information content (AvgIpc) is 2.47. The topological polar surface area (TPSA) is 87.7 Å². The molecule has 2 N–H and O–H groups in total. The largest absolute Gasteiger partial charge is 0.348 e. The number of pyridine rings is 1. The van der Waals surface area contributed by atoms with Gasteiger partial charge in [-0.25, -0.2) is 4.98 Å². The molecule has 0 radical (unpaired) electrons. The summed E-state index contributed by atoms with van der Waals surface area (Å²) < 4.78 is 0. The molecule has 0 saturated carbocycles. The van der Waals surface area contributed by atoms with E-state index in [-0.39, 0.29) is 23.4 Å². The van der Waals surface area contributed by atoms with Crippen LogP contribution in [0.15, 0.2) is 35.3 Å². The van der Waals surface area contributed by atoms with Gasteiger partial charge in [0.25, 0.3) is 5.56 Å². The summed E-state index contributed by atoms with van der Waals surface area (Å²) >= 11 is 0. The van der Waals surface area contributed by atoms with Crippen molar-refractivity contribution in [2.45, 2.75) is 26.8 Å². The third-order valence-electron chi connectivity index (χ3n) is 3.00. The van der Waals surface area contributed by atoms with E-state index in [9.17, 15) is 9.59 Å². The monoisotopic (exact) mass is 286 g/mol. The van der Waals surface area contributed by atoms with Crippen LogP contribution in [0.4, 0.5) is 0 Å². The SMILES string of the molecule is CC(C)C(=O)NC(C)c1cc(=O)[nH]c(-c2ccccn2)n1. The molecule has 2 aromatic heterocycles. The van der Waals surface area contributed by atoms with Crippen molar-refractivity contribution < 1.29 is 4.79 Å². The maximum absolute atomic E-state index is 11.8. The number of hydrogen-bond acceptors (Lipinski definition) is 4. The minimum atomic E-state index is -0.343. The lowest BCUT2D eigenvalue weighted by molar-refractivity contribution is -0.124. The number of nitrogens with zero attached hydrogens (tertiary/aromatic N) is 2. The molecule has 6 nitrogen and oxygen atoms in total. The van der Waals surface area contributed by atoms with Gasteiger partial charge in [-0.2, -0.15) is 0 Å². The van der Waals surface area contributed by atoms with Crippen molar-refractivity contribution in [3.8, 4) is 11.5 Å². The summed E-state index contributed by atoms with van der Waals surface area (Å²) in [4.78, 5) is 34.7. The van der Waals surface area contributed by atoms with Gasteiger partial charge in [0.05, 0.1) is 11.7 Å². The molecule has 2 heterocycles. The molecule has 1 unspecified atom stereocenters. The highest BCUT2D eigenvalue weighted by Gasteiger charge is 2.15. The van der Waals surface area contributed by atoms with Gasteiger partial charge in [-0.15, -0.1) is 0 Å². The van der Waals surface area contributed by atoms with Crippen LogP contribution < -0.4 is 10.9 Å². The van der Waals surface area contributed by atoms with Crippen LogP contribution in [0.3, 0.4) is 0 Å². The van der Waals surface area contributed by atoms with Crippen molar-refractivity contribution in [2.75, 3.05) is 0 Å². The number of H-pyrrole nitrogens is 1. The van der Waals surface area contributed by atoms with Crippen molar-refractivity contribution in [3.63, 3.8) is 0 Å². The van der Waals surface area contributed by atoms with E-state index >= 15 is 0 Å². The lowest BCUT2D eigenvalue weighted by Gasteiger charge is -2.15. The molecule has 21 heavy (non-hydrogen) atoms. The second kappa shape index (κ2) is 6.30. The summed E-state index contributed by atoms with van der Waals surface area (Å²) in [5.41, 5.74) is 0.818. The van der Waals surface area contributed by atoms with Crippen molar-refractivity contribution in [3.05, 3.63) is 46.5 Å². The highest BCUT2D eigenvalue weighted by atomic mass is 16.2. The number of carbonyl (C=O) groups excluding carboxylic acids is 1. The molecule has 110 valence electrons. The minimum Gasteiger partial charge on any atom is -0.348 e. The maximum atomic E-state index is 11.8. The van der Waals surface area contributed by atoms with Crippen LogP contribution in [0.2, 0.25) is 0 Å². The number of aromatic amines is 1. The highest BCUT2D eigenvalue weighted by Crippen LogP contribution is 2.13. The molecular weight excluding hydrogens is 268 g/mol. The van der Waals surface area contributed by atoms with E-state index in [1.165, 1.54) is 6.07 Å². The predicted molar refractivity (Wildman–Crippen MR) is 79.5 cm³/mol. The smallest absolute Gasteiger partial charge is 0.251 e. The number of amides is 1. The molecule has 1 atom stereocenters. The van der Waals surface area contributed by atoms with Crippen LogP contribution in [-0.2, 0) is 4.79 Å². The van der Waals surface area contributed by atoms with Gasteiger partial charge in [0, 0.05) is 18.2 Å². The van der Waals surface area contributed by atoms with Crippen molar-refractivity contribution >= 4 is 5.91 Å². The van der Waals surface area contributed by atoms with E-state index in [2.05, 4.69) is 20.3 Å². The molecule has 0 saturated heterocycles. The summed E-state index contributed by atoms with van der Waals surface area (Å²) in [6.07, 6.45) is 1.63. The van der Waals surface area contributed by atoms with Gasteiger partial charge < -0.3 is 10.3 Å². The Labute approximate surface area is 122 Å². The Balaban J connectivity index is 2.31. The van der Waals surface area contributed by atoms with Crippen molar-refractivity contribution in [1.29, 1.82) is 0 Å². The molecule has 0 bridgehead atoms. The van der Waals surface area contributed by atoms with E-state index in [1.807, 2.05) is 19.9 Å². The van der Waals surface area contributed by atoms with Crippen LogP contribution in [0.25, 0.3) is 11.5 Å². The van der Waals surface area contributed by atoms with Gasteiger partial charge >= 0.3 is 0 Å². The molecule has 6 heteroatoms. The molecule has 0 spiro atoms. The average molecular weight is 286 g/mol. The first-order valence-corrected chi connectivity index (χ1v) is 6.80. The Morgan fingerprint density at radius 1 is 1.29 bits per heavy atom. The number of rotatable bonds is 4. The molecule has 0 aromatic carbocycles. The molecular formula is C15H18N4O2. The van der Waals surface area contributed by atoms with Crippen LogP contribution in [0.1, 0.15) is 32.5 Å². The molecule has 0 aliphatic carbocycles. The normalized spacial score (nSPS) is 12.2. The maximum Gasteiger partial charge on any atom is 0.251 e. The molecule has 0 aliphatic rings. The predicted octanol–water partition coefficient (Wildman–Crippen LogP) is 1.67. The Morgan fingerprint density at radius 3 is 2.67 bits per heavy atom. The van der Waals surface area contributed by atoms with Gasteiger partial charge in [-0.05, 0) is 19.1 Å². The Kier molecular flexibility index (Phi) is 4.47. The number of aromatic nitrogens is 3. The van der Waals surface area contributed by atoms with E-state index < -0.39 is 0 Å². The van der Waals surface area contributed by atoms with E-state index in [1.54, 1.807) is 25.3 Å². The van der Waals surface area contributed by atoms with Crippen LogP contribution in [0.5, 0.6) is 0 Å². The zero-order valence-corrected chi connectivity index (χ0v) is 12.3. The third kappa shape index (κ3) is 3.75. The first-order chi connectivity index (χ1) is 9.97. The van der Waals surface area contributed by atoms with Gasteiger partial charge in [-0.3, -0.25) is 14.6 Å². The summed E-state index contributed by atoms with van der Waals surface area (Å²) in [6.45, 7) is 5.42. The lowest BCUT2D eigenvalue weighted by Crippen LogP contribution is -2.31. The molecule has 0 fully saturated rings. The van der Waals surface area contributed by atoms with Gasteiger partial charge in [0.2, 0.25) is 5.91 Å². The number of nitrogens with one attached hydrogen (secondary N) is 2. The van der Waals surface area contributed by atoms with Gasteiger partial charge in [-0.1, -0.05) is 19.9 Å². The summed E-state index contributed by atoms with van der Waals surface area (Å²) in [5, 5.41) is 2.83. The van der Waals surface area contributed by atoms with E-state index in [4.69, 9.17) is 0 Å². The molecule has 0 aliphatic heterocycles. The third-order valence-corrected chi connectivity index (χ3v) is 3.00.